The first-order valence-electron chi connectivity index (χ1n) is 7.52. The smallest absolute Gasteiger partial charge is 0.303 e. The second kappa shape index (κ2) is 8.52. The SMILES string of the molecule is O=C(O)CCC(=O)Nc1ccc(NCCc2ccc(O)cc2)nc1. The molecule has 1 aromatic heterocycles. The number of hydrogen-bond donors (Lipinski definition) is 4. The Morgan fingerprint density at radius 3 is 2.42 bits per heavy atom. The fraction of sp³-hybridized carbons (Fsp3) is 0.235. The van der Waals surface area contributed by atoms with E-state index in [0.717, 1.165) is 12.0 Å². The van der Waals surface area contributed by atoms with Gasteiger partial charge in [0.1, 0.15) is 11.6 Å². The number of nitrogens with one attached hydrogen (secondary N) is 2. The van der Waals surface area contributed by atoms with Crippen LogP contribution < -0.4 is 10.6 Å². The van der Waals surface area contributed by atoms with E-state index in [2.05, 4.69) is 15.6 Å². The van der Waals surface area contributed by atoms with Gasteiger partial charge in [0.25, 0.3) is 0 Å². The minimum Gasteiger partial charge on any atom is -0.508 e. The van der Waals surface area contributed by atoms with E-state index in [1.807, 2.05) is 12.1 Å². The molecule has 0 fully saturated rings. The third-order valence-corrected chi connectivity index (χ3v) is 3.27. The molecular weight excluding hydrogens is 310 g/mol. The number of carboxylic acids is 1. The summed E-state index contributed by atoms with van der Waals surface area (Å²) in [5.41, 5.74) is 1.62. The summed E-state index contributed by atoms with van der Waals surface area (Å²) in [6.45, 7) is 0.683. The summed E-state index contributed by atoms with van der Waals surface area (Å²) in [5, 5.41) is 23.5. The van der Waals surface area contributed by atoms with Crippen LogP contribution in [-0.2, 0) is 16.0 Å². The average Bonchev–Trinajstić information content (AvgIpc) is 2.56. The topological polar surface area (TPSA) is 112 Å². The number of phenolic OH excluding ortho intramolecular Hbond substituents is 1. The van der Waals surface area contributed by atoms with Crippen LogP contribution in [0.1, 0.15) is 18.4 Å². The molecule has 0 saturated carbocycles. The van der Waals surface area contributed by atoms with Crippen molar-refractivity contribution in [2.45, 2.75) is 19.3 Å². The number of carbonyl (C=O) groups excluding carboxylic acids is 1. The molecule has 0 unspecified atom stereocenters. The number of anilines is 2. The van der Waals surface area contributed by atoms with Crippen LogP contribution >= 0.6 is 0 Å². The Balaban J connectivity index is 1.76. The minimum absolute atomic E-state index is 0.0675. The van der Waals surface area contributed by atoms with E-state index in [1.165, 1.54) is 6.20 Å². The highest BCUT2D eigenvalue weighted by molar-refractivity contribution is 5.92. The van der Waals surface area contributed by atoms with Crippen LogP contribution in [0.15, 0.2) is 42.6 Å². The summed E-state index contributed by atoms with van der Waals surface area (Å²) in [5.74, 6) is -0.435. The van der Waals surface area contributed by atoms with Crippen LogP contribution in [0.2, 0.25) is 0 Å². The fourth-order valence-electron chi connectivity index (χ4n) is 2.01. The highest BCUT2D eigenvalue weighted by atomic mass is 16.4. The lowest BCUT2D eigenvalue weighted by molar-refractivity contribution is -0.138. The van der Waals surface area contributed by atoms with E-state index in [4.69, 9.17) is 5.11 Å². The lowest BCUT2D eigenvalue weighted by atomic mass is 10.1. The van der Waals surface area contributed by atoms with Gasteiger partial charge < -0.3 is 20.8 Å². The molecule has 0 bridgehead atoms. The van der Waals surface area contributed by atoms with Crippen LogP contribution in [0.3, 0.4) is 0 Å². The number of rotatable bonds is 8. The number of benzene rings is 1. The Kier molecular flexibility index (Phi) is 6.13. The standard InChI is InChI=1S/C17H19N3O4/c21-14-4-1-12(2-5-14)9-10-18-15-6-3-13(11-19-15)20-16(22)7-8-17(23)24/h1-6,11,21H,7-10H2,(H,18,19)(H,20,22)(H,23,24). The number of carboxylic acid groups (broad SMARTS) is 1. The quantitative estimate of drug-likeness (QED) is 0.591. The fourth-order valence-corrected chi connectivity index (χ4v) is 2.01. The third-order valence-electron chi connectivity index (χ3n) is 3.27. The second-order valence-electron chi connectivity index (χ2n) is 5.22. The maximum Gasteiger partial charge on any atom is 0.303 e. The molecule has 0 spiro atoms. The Labute approximate surface area is 139 Å². The Hall–Kier alpha value is -3.09. The number of carbonyl (C=O) groups is 2. The van der Waals surface area contributed by atoms with Crippen molar-refractivity contribution in [2.24, 2.45) is 0 Å². The minimum atomic E-state index is -1.00. The molecule has 24 heavy (non-hydrogen) atoms. The number of nitrogens with zero attached hydrogens (tertiary/aromatic N) is 1. The molecule has 0 aliphatic rings. The molecule has 126 valence electrons. The first-order chi connectivity index (χ1) is 11.5. The average molecular weight is 329 g/mol. The van der Waals surface area contributed by atoms with Crippen molar-refractivity contribution < 1.29 is 19.8 Å². The monoisotopic (exact) mass is 329 g/mol. The predicted octanol–water partition coefficient (Wildman–Crippen LogP) is 2.25. The summed E-state index contributed by atoms with van der Waals surface area (Å²) in [4.78, 5) is 26.1. The third kappa shape index (κ3) is 5.96. The number of aromatic nitrogens is 1. The molecule has 0 atom stereocenters. The molecule has 2 aromatic rings. The van der Waals surface area contributed by atoms with Crippen molar-refractivity contribution in [2.75, 3.05) is 17.2 Å². The first-order valence-corrected chi connectivity index (χ1v) is 7.52. The maximum atomic E-state index is 11.5. The summed E-state index contributed by atoms with van der Waals surface area (Å²) in [6.07, 6.45) is 2.04. The molecule has 7 heteroatoms. The highest BCUT2D eigenvalue weighted by Gasteiger charge is 2.06. The molecule has 0 saturated heterocycles. The van der Waals surface area contributed by atoms with Crippen LogP contribution in [0.25, 0.3) is 0 Å². The molecule has 2 rings (SSSR count). The number of amides is 1. The van der Waals surface area contributed by atoms with Gasteiger partial charge in [0, 0.05) is 13.0 Å². The predicted molar refractivity (Wildman–Crippen MR) is 90.0 cm³/mol. The van der Waals surface area contributed by atoms with Crippen molar-refractivity contribution >= 4 is 23.4 Å². The summed E-state index contributed by atoms with van der Waals surface area (Å²) < 4.78 is 0. The second-order valence-corrected chi connectivity index (χ2v) is 5.22. The summed E-state index contributed by atoms with van der Waals surface area (Å²) in [7, 11) is 0. The van der Waals surface area contributed by atoms with E-state index in [1.54, 1.807) is 24.3 Å². The van der Waals surface area contributed by atoms with E-state index in [-0.39, 0.29) is 24.5 Å². The Morgan fingerprint density at radius 2 is 1.79 bits per heavy atom. The summed E-state index contributed by atoms with van der Waals surface area (Å²) >= 11 is 0. The van der Waals surface area contributed by atoms with E-state index in [9.17, 15) is 14.7 Å². The first kappa shape index (κ1) is 17.3. The van der Waals surface area contributed by atoms with Crippen LogP contribution in [0, 0.1) is 0 Å². The van der Waals surface area contributed by atoms with Gasteiger partial charge in [-0.05, 0) is 36.2 Å². The van der Waals surface area contributed by atoms with Gasteiger partial charge in [-0.25, -0.2) is 4.98 Å². The molecule has 0 radical (unpaired) electrons. The van der Waals surface area contributed by atoms with Crippen LogP contribution in [0.5, 0.6) is 5.75 Å². The number of aliphatic carboxylic acids is 1. The zero-order valence-electron chi connectivity index (χ0n) is 13.0. The van der Waals surface area contributed by atoms with Gasteiger partial charge in [0.05, 0.1) is 18.3 Å². The van der Waals surface area contributed by atoms with Crippen molar-refractivity contribution in [3.05, 3.63) is 48.2 Å². The number of aromatic hydroxyl groups is 1. The lowest BCUT2D eigenvalue weighted by Crippen LogP contribution is -2.13. The van der Waals surface area contributed by atoms with Gasteiger partial charge >= 0.3 is 5.97 Å². The Morgan fingerprint density at radius 1 is 1.04 bits per heavy atom. The largest absolute Gasteiger partial charge is 0.508 e. The number of pyridine rings is 1. The van der Waals surface area contributed by atoms with Crippen molar-refractivity contribution in [1.82, 2.24) is 4.98 Å². The van der Waals surface area contributed by atoms with Gasteiger partial charge in [-0.3, -0.25) is 9.59 Å². The van der Waals surface area contributed by atoms with Crippen molar-refractivity contribution in [3.8, 4) is 5.75 Å². The van der Waals surface area contributed by atoms with Gasteiger partial charge in [-0.2, -0.15) is 0 Å². The van der Waals surface area contributed by atoms with Gasteiger partial charge in [0.15, 0.2) is 0 Å². The zero-order chi connectivity index (χ0) is 17.4. The summed E-state index contributed by atoms with van der Waals surface area (Å²) in [6, 6.07) is 10.5. The van der Waals surface area contributed by atoms with E-state index >= 15 is 0 Å². The lowest BCUT2D eigenvalue weighted by Gasteiger charge is -2.08. The van der Waals surface area contributed by atoms with Crippen molar-refractivity contribution in [1.29, 1.82) is 0 Å². The molecular formula is C17H19N3O4. The molecule has 1 amide bonds. The Bertz CT molecular complexity index is 684. The number of hydrogen-bond acceptors (Lipinski definition) is 5. The molecule has 7 nitrogen and oxygen atoms in total. The number of phenols is 1. The van der Waals surface area contributed by atoms with Gasteiger partial charge in [-0.1, -0.05) is 12.1 Å². The molecule has 0 aliphatic carbocycles. The normalized spacial score (nSPS) is 10.2. The van der Waals surface area contributed by atoms with Crippen molar-refractivity contribution in [3.63, 3.8) is 0 Å². The molecule has 1 aromatic carbocycles. The maximum absolute atomic E-state index is 11.5. The molecule has 4 N–H and O–H groups in total. The van der Waals surface area contributed by atoms with E-state index < -0.39 is 5.97 Å². The van der Waals surface area contributed by atoms with Gasteiger partial charge in [0.2, 0.25) is 5.91 Å². The van der Waals surface area contributed by atoms with Gasteiger partial charge in [-0.15, -0.1) is 0 Å². The van der Waals surface area contributed by atoms with Crippen LogP contribution in [0.4, 0.5) is 11.5 Å². The zero-order valence-corrected chi connectivity index (χ0v) is 13.0. The van der Waals surface area contributed by atoms with E-state index in [0.29, 0.717) is 18.1 Å². The molecule has 1 heterocycles. The van der Waals surface area contributed by atoms with Crippen LogP contribution in [-0.4, -0.2) is 33.6 Å². The molecule has 0 aliphatic heterocycles. The highest BCUT2D eigenvalue weighted by Crippen LogP contribution is 2.12.